The number of hydrogen-bond donors (Lipinski definition) is 2. The Morgan fingerprint density at radius 3 is 2.35 bits per heavy atom. The van der Waals surface area contributed by atoms with Crippen LogP contribution in [0.4, 0.5) is 5.69 Å². The van der Waals surface area contributed by atoms with E-state index < -0.39 is 11.9 Å². The summed E-state index contributed by atoms with van der Waals surface area (Å²) in [5.41, 5.74) is 2.46. The van der Waals surface area contributed by atoms with Crippen LogP contribution in [-0.2, 0) is 16.0 Å². The van der Waals surface area contributed by atoms with Gasteiger partial charge in [0.05, 0.1) is 32.2 Å². The fraction of sp³-hybridized carbons (Fsp3) is 0.300. The first-order valence-corrected chi connectivity index (χ1v) is 8.23. The van der Waals surface area contributed by atoms with Gasteiger partial charge in [0.15, 0.2) is 0 Å². The Bertz CT molecular complexity index is 770. The zero-order valence-electron chi connectivity index (χ0n) is 15.1. The second-order valence-corrected chi connectivity index (χ2v) is 6.04. The van der Waals surface area contributed by atoms with E-state index in [1.54, 1.807) is 18.2 Å². The standard InChI is InChI=1S/C20H23NO5/c1-13-4-6-14(7-5-13)10-15(11-19(22)23)20(24)21-17-12-16(25-2)8-9-18(17)26-3/h4-9,12,15H,10-11H2,1-3H3,(H,21,24)(H,22,23)/t15-/m1/s1. The van der Waals surface area contributed by atoms with Crippen molar-refractivity contribution in [3.8, 4) is 11.5 Å². The van der Waals surface area contributed by atoms with Gasteiger partial charge in [-0.1, -0.05) is 29.8 Å². The summed E-state index contributed by atoms with van der Waals surface area (Å²) in [7, 11) is 3.02. The van der Waals surface area contributed by atoms with Crippen LogP contribution in [0.2, 0.25) is 0 Å². The van der Waals surface area contributed by atoms with Crippen molar-refractivity contribution in [2.75, 3.05) is 19.5 Å². The number of aryl methyl sites for hydroxylation is 1. The largest absolute Gasteiger partial charge is 0.497 e. The first-order valence-electron chi connectivity index (χ1n) is 8.23. The number of methoxy groups -OCH3 is 2. The van der Waals surface area contributed by atoms with Gasteiger partial charge in [0.25, 0.3) is 0 Å². The Balaban J connectivity index is 2.21. The van der Waals surface area contributed by atoms with E-state index in [1.807, 2.05) is 31.2 Å². The van der Waals surface area contributed by atoms with Gasteiger partial charge in [-0.15, -0.1) is 0 Å². The summed E-state index contributed by atoms with van der Waals surface area (Å²) in [6, 6.07) is 12.7. The van der Waals surface area contributed by atoms with Gasteiger partial charge in [0.1, 0.15) is 11.5 Å². The lowest BCUT2D eigenvalue weighted by Crippen LogP contribution is -2.27. The van der Waals surface area contributed by atoms with Gasteiger partial charge >= 0.3 is 5.97 Å². The molecule has 0 aliphatic carbocycles. The monoisotopic (exact) mass is 357 g/mol. The number of carboxylic acids is 1. The Morgan fingerprint density at radius 1 is 1.08 bits per heavy atom. The number of aliphatic carboxylic acids is 1. The molecule has 0 aliphatic rings. The molecule has 0 unspecified atom stereocenters. The molecule has 6 heteroatoms. The van der Waals surface area contributed by atoms with Crippen molar-refractivity contribution in [2.45, 2.75) is 19.8 Å². The number of carboxylic acid groups (broad SMARTS) is 1. The van der Waals surface area contributed by atoms with E-state index in [-0.39, 0.29) is 12.3 Å². The minimum Gasteiger partial charge on any atom is -0.497 e. The molecule has 0 aromatic heterocycles. The summed E-state index contributed by atoms with van der Waals surface area (Å²) in [6.45, 7) is 1.97. The molecule has 2 aromatic carbocycles. The lowest BCUT2D eigenvalue weighted by Gasteiger charge is -2.17. The van der Waals surface area contributed by atoms with Gasteiger partial charge in [0, 0.05) is 6.07 Å². The van der Waals surface area contributed by atoms with Gasteiger partial charge in [-0.2, -0.15) is 0 Å². The summed E-state index contributed by atoms with van der Waals surface area (Å²) >= 11 is 0. The number of amides is 1. The first-order chi connectivity index (χ1) is 12.4. The van der Waals surface area contributed by atoms with Crippen LogP contribution in [0, 0.1) is 12.8 Å². The van der Waals surface area contributed by atoms with Gasteiger partial charge in [-0.3, -0.25) is 9.59 Å². The minimum absolute atomic E-state index is 0.258. The van der Waals surface area contributed by atoms with E-state index in [2.05, 4.69) is 5.32 Å². The third-order valence-corrected chi connectivity index (χ3v) is 4.06. The Hall–Kier alpha value is -3.02. The second kappa shape index (κ2) is 8.89. The van der Waals surface area contributed by atoms with Crippen LogP contribution in [0.5, 0.6) is 11.5 Å². The lowest BCUT2D eigenvalue weighted by molar-refractivity contribution is -0.140. The van der Waals surface area contributed by atoms with Crippen LogP contribution < -0.4 is 14.8 Å². The number of nitrogens with one attached hydrogen (secondary N) is 1. The van der Waals surface area contributed by atoms with Crippen molar-refractivity contribution in [1.29, 1.82) is 0 Å². The second-order valence-electron chi connectivity index (χ2n) is 6.04. The van der Waals surface area contributed by atoms with Crippen LogP contribution in [0.25, 0.3) is 0 Å². The van der Waals surface area contributed by atoms with Crippen LogP contribution >= 0.6 is 0 Å². The predicted octanol–water partition coefficient (Wildman–Crippen LogP) is 3.28. The average molecular weight is 357 g/mol. The number of hydrogen-bond acceptors (Lipinski definition) is 4. The summed E-state index contributed by atoms with van der Waals surface area (Å²) in [6.07, 6.45) is 0.0801. The van der Waals surface area contributed by atoms with Crippen LogP contribution in [0.1, 0.15) is 17.5 Å². The molecule has 0 bridgehead atoms. The zero-order chi connectivity index (χ0) is 19.1. The smallest absolute Gasteiger partial charge is 0.304 e. The molecule has 0 fully saturated rings. The Kier molecular flexibility index (Phi) is 6.60. The highest BCUT2D eigenvalue weighted by molar-refractivity contribution is 5.96. The maximum atomic E-state index is 12.7. The van der Waals surface area contributed by atoms with E-state index in [4.69, 9.17) is 9.47 Å². The van der Waals surface area contributed by atoms with E-state index in [0.29, 0.717) is 23.6 Å². The van der Waals surface area contributed by atoms with Crippen molar-refractivity contribution in [1.82, 2.24) is 0 Å². The molecular weight excluding hydrogens is 334 g/mol. The highest BCUT2D eigenvalue weighted by Crippen LogP contribution is 2.29. The van der Waals surface area contributed by atoms with E-state index in [1.165, 1.54) is 14.2 Å². The van der Waals surface area contributed by atoms with Gasteiger partial charge in [0.2, 0.25) is 5.91 Å². The highest BCUT2D eigenvalue weighted by atomic mass is 16.5. The fourth-order valence-corrected chi connectivity index (χ4v) is 2.62. The number of anilines is 1. The normalized spacial score (nSPS) is 11.5. The fourth-order valence-electron chi connectivity index (χ4n) is 2.62. The molecule has 6 nitrogen and oxygen atoms in total. The maximum absolute atomic E-state index is 12.7. The van der Waals surface area contributed by atoms with Crippen molar-refractivity contribution in [3.05, 3.63) is 53.6 Å². The quantitative estimate of drug-likeness (QED) is 0.757. The average Bonchev–Trinajstić information content (AvgIpc) is 2.62. The van der Waals surface area contributed by atoms with Crippen molar-refractivity contribution in [3.63, 3.8) is 0 Å². The van der Waals surface area contributed by atoms with Crippen LogP contribution in [0.15, 0.2) is 42.5 Å². The molecule has 2 rings (SSSR count). The molecular formula is C20H23NO5. The van der Waals surface area contributed by atoms with Crippen LogP contribution in [-0.4, -0.2) is 31.2 Å². The summed E-state index contributed by atoms with van der Waals surface area (Å²) < 4.78 is 10.4. The Morgan fingerprint density at radius 2 is 1.77 bits per heavy atom. The molecule has 0 spiro atoms. The molecule has 0 saturated carbocycles. The summed E-state index contributed by atoms with van der Waals surface area (Å²) in [4.78, 5) is 23.9. The van der Waals surface area contributed by atoms with Crippen LogP contribution in [0.3, 0.4) is 0 Å². The minimum atomic E-state index is -1.02. The van der Waals surface area contributed by atoms with E-state index in [9.17, 15) is 14.7 Å². The number of carbonyl (C=O) groups excluding carboxylic acids is 1. The molecule has 2 aromatic rings. The van der Waals surface area contributed by atoms with E-state index in [0.717, 1.165) is 11.1 Å². The topological polar surface area (TPSA) is 84.9 Å². The third-order valence-electron chi connectivity index (χ3n) is 4.06. The van der Waals surface area contributed by atoms with Crippen molar-refractivity contribution in [2.24, 2.45) is 5.92 Å². The number of benzene rings is 2. The Labute approximate surface area is 152 Å². The number of carbonyl (C=O) groups is 2. The van der Waals surface area contributed by atoms with Gasteiger partial charge in [-0.25, -0.2) is 0 Å². The third kappa shape index (κ3) is 5.24. The van der Waals surface area contributed by atoms with Crippen molar-refractivity contribution < 1.29 is 24.2 Å². The summed E-state index contributed by atoms with van der Waals surface area (Å²) in [5, 5.41) is 11.9. The molecule has 26 heavy (non-hydrogen) atoms. The van der Waals surface area contributed by atoms with E-state index >= 15 is 0 Å². The first kappa shape index (κ1) is 19.3. The van der Waals surface area contributed by atoms with Crippen molar-refractivity contribution >= 4 is 17.6 Å². The molecule has 0 radical (unpaired) electrons. The molecule has 2 N–H and O–H groups in total. The SMILES string of the molecule is COc1ccc(OC)c(NC(=O)[C@@H](CC(=O)O)Cc2ccc(C)cc2)c1. The molecule has 0 saturated heterocycles. The summed E-state index contributed by atoms with van der Waals surface area (Å²) in [5.74, 6) is -1.06. The number of rotatable bonds is 8. The molecule has 1 amide bonds. The number of ether oxygens (including phenoxy) is 2. The molecule has 0 aliphatic heterocycles. The molecule has 138 valence electrons. The zero-order valence-corrected chi connectivity index (χ0v) is 15.1. The highest BCUT2D eigenvalue weighted by Gasteiger charge is 2.23. The maximum Gasteiger partial charge on any atom is 0.304 e. The predicted molar refractivity (Wildman–Crippen MR) is 98.8 cm³/mol. The molecule has 1 atom stereocenters. The lowest BCUT2D eigenvalue weighted by atomic mass is 9.94. The van der Waals surface area contributed by atoms with Gasteiger partial charge < -0.3 is 19.9 Å². The van der Waals surface area contributed by atoms with Gasteiger partial charge in [-0.05, 0) is 31.0 Å². The molecule has 0 heterocycles.